The summed E-state index contributed by atoms with van der Waals surface area (Å²) in [5, 5.41) is 14.3. The van der Waals surface area contributed by atoms with Crippen LogP contribution in [0.3, 0.4) is 0 Å². The highest BCUT2D eigenvalue weighted by molar-refractivity contribution is 7.99. The van der Waals surface area contributed by atoms with Crippen LogP contribution in [-0.4, -0.2) is 38.8 Å². The van der Waals surface area contributed by atoms with Gasteiger partial charge >= 0.3 is 0 Å². The molecule has 1 unspecified atom stereocenters. The summed E-state index contributed by atoms with van der Waals surface area (Å²) in [4.78, 5) is 29.4. The van der Waals surface area contributed by atoms with E-state index in [0.29, 0.717) is 21.6 Å². The van der Waals surface area contributed by atoms with Crippen LogP contribution in [0.2, 0.25) is 10.0 Å². The highest BCUT2D eigenvalue weighted by atomic mass is 35.5. The third kappa shape index (κ3) is 6.85. The number of carbonyl (C=O) groups excluding carboxylic acids is 2. The van der Waals surface area contributed by atoms with E-state index in [4.69, 9.17) is 23.2 Å². The molecule has 1 aliphatic rings. The number of nitrogens with one attached hydrogen (secondary N) is 3. The Bertz CT molecular complexity index is 915. The van der Waals surface area contributed by atoms with Crippen molar-refractivity contribution in [2.75, 3.05) is 5.75 Å². The molecular weight excluding hydrogens is 457 g/mol. The molecule has 168 valence electrons. The van der Waals surface area contributed by atoms with E-state index in [9.17, 15) is 9.59 Å². The van der Waals surface area contributed by atoms with E-state index in [1.165, 1.54) is 37.1 Å². The zero-order valence-corrected chi connectivity index (χ0v) is 19.9. The normalized spacial score (nSPS) is 15.6. The van der Waals surface area contributed by atoms with Crippen LogP contribution in [0.5, 0.6) is 0 Å². The predicted molar refractivity (Wildman–Crippen MR) is 124 cm³/mol. The molecule has 31 heavy (non-hydrogen) atoms. The first-order valence-corrected chi connectivity index (χ1v) is 12.2. The van der Waals surface area contributed by atoms with Crippen molar-refractivity contribution in [3.05, 3.63) is 39.6 Å². The second-order valence-corrected chi connectivity index (χ2v) is 9.80. The molecule has 0 aliphatic heterocycles. The summed E-state index contributed by atoms with van der Waals surface area (Å²) < 4.78 is 0. The van der Waals surface area contributed by atoms with Crippen LogP contribution in [0.25, 0.3) is 0 Å². The summed E-state index contributed by atoms with van der Waals surface area (Å²) in [6.07, 6.45) is 5.69. The number of aromatic amines is 1. The van der Waals surface area contributed by atoms with Crippen LogP contribution in [0, 0.1) is 5.92 Å². The molecule has 1 aliphatic carbocycles. The highest BCUT2D eigenvalue weighted by Crippen LogP contribution is 2.25. The van der Waals surface area contributed by atoms with Crippen LogP contribution in [0.4, 0.5) is 0 Å². The second kappa shape index (κ2) is 11.2. The summed E-state index contributed by atoms with van der Waals surface area (Å²) in [7, 11) is 0. The van der Waals surface area contributed by atoms with Gasteiger partial charge in [0.2, 0.25) is 11.1 Å². The van der Waals surface area contributed by atoms with E-state index in [1.807, 2.05) is 13.8 Å². The topological polar surface area (TPSA) is 99.8 Å². The molecule has 1 atom stereocenters. The van der Waals surface area contributed by atoms with Gasteiger partial charge in [-0.2, -0.15) is 0 Å². The van der Waals surface area contributed by atoms with E-state index < -0.39 is 6.04 Å². The maximum absolute atomic E-state index is 12.7. The third-order valence-electron chi connectivity index (χ3n) is 5.21. The number of halogens is 2. The van der Waals surface area contributed by atoms with Gasteiger partial charge in [-0.05, 0) is 37.0 Å². The van der Waals surface area contributed by atoms with Gasteiger partial charge in [0.25, 0.3) is 5.91 Å². The number of hydrogen-bond donors (Lipinski definition) is 3. The number of amides is 2. The van der Waals surface area contributed by atoms with Crippen LogP contribution in [0.15, 0.2) is 23.4 Å². The Kier molecular flexibility index (Phi) is 8.63. The lowest BCUT2D eigenvalue weighted by Crippen LogP contribution is -2.37. The zero-order chi connectivity index (χ0) is 22.4. The Hall–Kier alpha value is -1.77. The number of hydrogen-bond acceptors (Lipinski definition) is 5. The molecule has 1 heterocycles. The Balaban J connectivity index is 1.58. The smallest absolute Gasteiger partial charge is 0.253 e. The SMILES string of the molecule is CC(C)C(NC(=O)c1ccc(Cl)cc1Cl)c1nc(SCC(=O)NC2CCCCC2)n[nH]1. The van der Waals surface area contributed by atoms with Crippen molar-refractivity contribution >= 4 is 46.8 Å². The van der Waals surface area contributed by atoms with Gasteiger partial charge in [-0.1, -0.05) is 68.1 Å². The molecule has 3 N–H and O–H groups in total. The van der Waals surface area contributed by atoms with Crippen molar-refractivity contribution < 1.29 is 9.59 Å². The maximum Gasteiger partial charge on any atom is 0.253 e. The highest BCUT2D eigenvalue weighted by Gasteiger charge is 2.24. The molecule has 0 saturated heterocycles. The van der Waals surface area contributed by atoms with Crippen molar-refractivity contribution in [1.82, 2.24) is 25.8 Å². The van der Waals surface area contributed by atoms with Crippen molar-refractivity contribution in [3.8, 4) is 0 Å². The average molecular weight is 484 g/mol. The molecule has 0 radical (unpaired) electrons. The lowest BCUT2D eigenvalue weighted by molar-refractivity contribution is -0.119. The van der Waals surface area contributed by atoms with Crippen molar-refractivity contribution in [3.63, 3.8) is 0 Å². The van der Waals surface area contributed by atoms with Crippen LogP contribution in [-0.2, 0) is 4.79 Å². The van der Waals surface area contributed by atoms with E-state index >= 15 is 0 Å². The standard InChI is InChI=1S/C21H27Cl2N5O2S/c1-12(2)18(25-20(30)15-9-8-13(22)10-16(15)23)19-26-21(28-27-19)31-11-17(29)24-14-6-4-3-5-7-14/h8-10,12,14,18H,3-7,11H2,1-2H3,(H,24,29)(H,25,30)(H,26,27,28). The number of aromatic nitrogens is 3. The first-order valence-electron chi connectivity index (χ1n) is 10.4. The minimum atomic E-state index is -0.392. The Morgan fingerprint density at radius 2 is 1.97 bits per heavy atom. The largest absolute Gasteiger partial charge is 0.353 e. The van der Waals surface area contributed by atoms with Gasteiger partial charge in [-0.15, -0.1) is 5.10 Å². The van der Waals surface area contributed by atoms with Crippen molar-refractivity contribution in [1.29, 1.82) is 0 Å². The lowest BCUT2D eigenvalue weighted by atomic mass is 9.95. The summed E-state index contributed by atoms with van der Waals surface area (Å²) in [5.74, 6) is 0.513. The first kappa shape index (κ1) is 23.9. The minimum Gasteiger partial charge on any atom is -0.353 e. The maximum atomic E-state index is 12.7. The molecule has 3 rings (SSSR count). The molecule has 0 bridgehead atoms. The van der Waals surface area contributed by atoms with Gasteiger partial charge in [0.1, 0.15) is 5.82 Å². The van der Waals surface area contributed by atoms with Crippen molar-refractivity contribution in [2.45, 2.75) is 63.2 Å². The number of H-pyrrole nitrogens is 1. The Morgan fingerprint density at radius 3 is 2.65 bits per heavy atom. The fourth-order valence-corrected chi connectivity index (χ4v) is 4.66. The number of nitrogens with zero attached hydrogens (tertiary/aromatic N) is 2. The third-order valence-corrected chi connectivity index (χ3v) is 6.60. The molecule has 1 fully saturated rings. The average Bonchev–Trinajstić information content (AvgIpc) is 3.19. The predicted octanol–water partition coefficient (Wildman–Crippen LogP) is 4.78. The van der Waals surface area contributed by atoms with E-state index in [-0.39, 0.29) is 34.5 Å². The molecule has 1 aromatic heterocycles. The fourth-order valence-electron chi connectivity index (χ4n) is 3.55. The molecular formula is C21H27Cl2N5O2S. The van der Waals surface area contributed by atoms with Crippen LogP contribution >= 0.6 is 35.0 Å². The summed E-state index contributed by atoms with van der Waals surface area (Å²) >= 11 is 13.3. The van der Waals surface area contributed by atoms with Crippen molar-refractivity contribution in [2.24, 2.45) is 5.92 Å². The van der Waals surface area contributed by atoms with Gasteiger partial charge in [0.15, 0.2) is 0 Å². The lowest BCUT2D eigenvalue weighted by Gasteiger charge is -2.22. The number of benzene rings is 1. The molecule has 2 amide bonds. The van der Waals surface area contributed by atoms with Gasteiger partial charge in [-0.3, -0.25) is 14.7 Å². The molecule has 10 heteroatoms. The van der Waals surface area contributed by atoms with E-state index in [2.05, 4.69) is 25.8 Å². The Morgan fingerprint density at radius 1 is 1.23 bits per heavy atom. The molecule has 1 aromatic carbocycles. The minimum absolute atomic E-state index is 0.00524. The number of carbonyl (C=O) groups is 2. The summed E-state index contributed by atoms with van der Waals surface area (Å²) in [6.45, 7) is 3.95. The van der Waals surface area contributed by atoms with Gasteiger partial charge < -0.3 is 10.6 Å². The van der Waals surface area contributed by atoms with Gasteiger partial charge in [0, 0.05) is 11.1 Å². The van der Waals surface area contributed by atoms with E-state index in [1.54, 1.807) is 12.1 Å². The molecule has 2 aromatic rings. The molecule has 0 spiro atoms. The first-order chi connectivity index (χ1) is 14.8. The van der Waals surface area contributed by atoms with Crippen LogP contribution in [0.1, 0.15) is 68.2 Å². The molecule has 1 saturated carbocycles. The van der Waals surface area contributed by atoms with Gasteiger partial charge in [0.05, 0.1) is 22.4 Å². The second-order valence-electron chi connectivity index (χ2n) is 8.01. The Labute approximate surface area is 196 Å². The van der Waals surface area contributed by atoms with E-state index in [0.717, 1.165) is 12.8 Å². The monoisotopic (exact) mass is 483 g/mol. The van der Waals surface area contributed by atoms with Gasteiger partial charge in [-0.25, -0.2) is 4.98 Å². The molecule has 7 nitrogen and oxygen atoms in total. The quantitative estimate of drug-likeness (QED) is 0.469. The fraction of sp³-hybridized carbons (Fsp3) is 0.524. The number of rotatable bonds is 8. The zero-order valence-electron chi connectivity index (χ0n) is 17.6. The van der Waals surface area contributed by atoms with Crippen LogP contribution < -0.4 is 10.6 Å². The number of thioether (sulfide) groups is 1. The summed E-state index contributed by atoms with van der Waals surface area (Å²) in [5.41, 5.74) is 0.338. The summed E-state index contributed by atoms with van der Waals surface area (Å²) in [6, 6.07) is 4.63.